The molecule has 1 saturated heterocycles. The quantitative estimate of drug-likeness (QED) is 0.251. The van der Waals surface area contributed by atoms with Crippen LogP contribution in [0.4, 0.5) is 10.5 Å². The first-order chi connectivity index (χ1) is 17.4. The summed E-state index contributed by atoms with van der Waals surface area (Å²) in [6.07, 6.45) is 2.92. The number of amides is 4. The lowest BCUT2D eigenvalue weighted by molar-refractivity contribution is -0.122. The van der Waals surface area contributed by atoms with Crippen LogP contribution in [0.25, 0.3) is 6.08 Å². The van der Waals surface area contributed by atoms with Gasteiger partial charge in [0.25, 0.3) is 11.8 Å². The number of nitrogens with zero attached hydrogens (tertiary/aromatic N) is 1. The van der Waals surface area contributed by atoms with E-state index in [0.717, 1.165) is 16.0 Å². The Morgan fingerprint density at radius 3 is 2.39 bits per heavy atom. The van der Waals surface area contributed by atoms with Gasteiger partial charge in [-0.25, -0.2) is 9.69 Å². The molecule has 0 bridgehead atoms. The molecule has 0 aliphatic carbocycles. The first-order valence-electron chi connectivity index (χ1n) is 11.1. The molecule has 1 heterocycles. The summed E-state index contributed by atoms with van der Waals surface area (Å²) >= 11 is 6.11. The van der Waals surface area contributed by atoms with E-state index in [1.807, 2.05) is 31.2 Å². The standard InChI is InChI=1S/C28H23ClN2O5/c1-3-14-35-25-13-8-21(29)15-20(25)16-24-26(32)30-28(34)31(27(24)33)22-9-11-23(12-10-22)36-17-19-6-4-18(2)5-7-19/h3-13,15-16H,1,14,17H2,2H3,(H,30,32,34)/b24-16+. The number of ether oxygens (including phenoxy) is 2. The van der Waals surface area contributed by atoms with Crippen molar-refractivity contribution < 1.29 is 23.9 Å². The molecule has 1 aliphatic rings. The van der Waals surface area contributed by atoms with E-state index in [4.69, 9.17) is 21.1 Å². The van der Waals surface area contributed by atoms with Crippen molar-refractivity contribution in [2.24, 2.45) is 0 Å². The largest absolute Gasteiger partial charge is 0.489 e. The number of anilines is 1. The zero-order chi connectivity index (χ0) is 25.7. The number of hydrogen-bond acceptors (Lipinski definition) is 5. The number of halogens is 1. The van der Waals surface area contributed by atoms with E-state index in [1.54, 1.807) is 48.5 Å². The SMILES string of the molecule is C=CCOc1ccc(Cl)cc1/C=C1\C(=O)NC(=O)N(c2ccc(OCc3ccc(C)cc3)cc2)C1=O. The third-order valence-corrected chi connectivity index (χ3v) is 5.59. The van der Waals surface area contributed by atoms with Crippen molar-refractivity contribution in [3.63, 3.8) is 0 Å². The maximum Gasteiger partial charge on any atom is 0.335 e. The predicted octanol–water partition coefficient (Wildman–Crippen LogP) is 5.46. The second-order valence-corrected chi connectivity index (χ2v) is 8.44. The van der Waals surface area contributed by atoms with E-state index < -0.39 is 17.8 Å². The Labute approximate surface area is 213 Å². The summed E-state index contributed by atoms with van der Waals surface area (Å²) in [6, 6.07) is 18.4. The van der Waals surface area contributed by atoms with Crippen LogP contribution < -0.4 is 19.7 Å². The highest BCUT2D eigenvalue weighted by Gasteiger charge is 2.37. The summed E-state index contributed by atoms with van der Waals surface area (Å²) in [4.78, 5) is 39.2. The van der Waals surface area contributed by atoms with Gasteiger partial charge in [-0.15, -0.1) is 0 Å². The van der Waals surface area contributed by atoms with Gasteiger partial charge in [-0.3, -0.25) is 14.9 Å². The normalized spacial score (nSPS) is 14.6. The van der Waals surface area contributed by atoms with Crippen molar-refractivity contribution in [2.75, 3.05) is 11.5 Å². The van der Waals surface area contributed by atoms with Crippen LogP contribution in [0.1, 0.15) is 16.7 Å². The van der Waals surface area contributed by atoms with Crippen LogP contribution in [0.3, 0.4) is 0 Å². The van der Waals surface area contributed by atoms with E-state index in [9.17, 15) is 14.4 Å². The summed E-state index contributed by atoms with van der Waals surface area (Å²) in [7, 11) is 0. The van der Waals surface area contributed by atoms with Crippen molar-refractivity contribution in [2.45, 2.75) is 13.5 Å². The molecule has 4 rings (SSSR count). The highest BCUT2D eigenvalue weighted by atomic mass is 35.5. The topological polar surface area (TPSA) is 84.9 Å². The van der Waals surface area contributed by atoms with Gasteiger partial charge in [0, 0.05) is 10.6 Å². The summed E-state index contributed by atoms with van der Waals surface area (Å²) in [6.45, 7) is 6.23. The zero-order valence-corrected chi connectivity index (χ0v) is 20.2. The number of rotatable bonds is 8. The van der Waals surface area contributed by atoms with Gasteiger partial charge >= 0.3 is 6.03 Å². The minimum absolute atomic E-state index is 0.223. The van der Waals surface area contributed by atoms with Crippen molar-refractivity contribution in [1.29, 1.82) is 0 Å². The third kappa shape index (κ3) is 5.64. The Balaban J connectivity index is 1.56. The molecule has 182 valence electrons. The molecule has 0 spiro atoms. The van der Waals surface area contributed by atoms with Crippen LogP contribution in [0, 0.1) is 6.92 Å². The molecule has 0 aromatic heterocycles. The molecule has 8 heteroatoms. The molecular weight excluding hydrogens is 480 g/mol. The van der Waals surface area contributed by atoms with Crippen molar-refractivity contribution >= 4 is 41.2 Å². The molecule has 4 amide bonds. The summed E-state index contributed by atoms with van der Waals surface area (Å²) in [5, 5.41) is 2.60. The average molecular weight is 503 g/mol. The van der Waals surface area contributed by atoms with Crippen LogP contribution in [0.2, 0.25) is 5.02 Å². The van der Waals surface area contributed by atoms with E-state index >= 15 is 0 Å². The number of carbonyl (C=O) groups excluding carboxylic acids is 3. The highest BCUT2D eigenvalue weighted by molar-refractivity contribution is 6.39. The third-order valence-electron chi connectivity index (χ3n) is 5.35. The summed E-state index contributed by atoms with van der Waals surface area (Å²) in [5.74, 6) is -0.606. The zero-order valence-electron chi connectivity index (χ0n) is 19.5. The van der Waals surface area contributed by atoms with Crippen molar-refractivity contribution in [3.05, 3.63) is 107 Å². The average Bonchev–Trinajstić information content (AvgIpc) is 2.86. The molecule has 0 radical (unpaired) electrons. The lowest BCUT2D eigenvalue weighted by atomic mass is 10.1. The maximum atomic E-state index is 13.2. The lowest BCUT2D eigenvalue weighted by Gasteiger charge is -2.26. The van der Waals surface area contributed by atoms with Crippen LogP contribution >= 0.6 is 11.6 Å². The smallest absolute Gasteiger partial charge is 0.335 e. The number of hydrogen-bond donors (Lipinski definition) is 1. The van der Waals surface area contributed by atoms with Crippen LogP contribution in [-0.2, 0) is 16.2 Å². The van der Waals surface area contributed by atoms with E-state index in [-0.39, 0.29) is 17.9 Å². The second-order valence-electron chi connectivity index (χ2n) is 8.01. The van der Waals surface area contributed by atoms with E-state index in [0.29, 0.717) is 28.7 Å². The Bertz CT molecular complexity index is 1350. The Morgan fingerprint density at radius 2 is 1.69 bits per heavy atom. The van der Waals surface area contributed by atoms with Gasteiger partial charge in [0.1, 0.15) is 30.3 Å². The number of carbonyl (C=O) groups is 3. The second kappa shape index (κ2) is 10.9. The fourth-order valence-corrected chi connectivity index (χ4v) is 3.68. The fourth-order valence-electron chi connectivity index (χ4n) is 3.50. The Hall–Kier alpha value is -4.36. The summed E-state index contributed by atoms with van der Waals surface area (Å²) in [5.41, 5.74) is 2.64. The molecule has 7 nitrogen and oxygen atoms in total. The van der Waals surface area contributed by atoms with Gasteiger partial charge in [0.15, 0.2) is 0 Å². The van der Waals surface area contributed by atoms with E-state index in [2.05, 4.69) is 11.9 Å². The van der Waals surface area contributed by atoms with Crippen LogP contribution in [-0.4, -0.2) is 24.5 Å². The number of barbiturate groups is 1. The molecule has 3 aromatic carbocycles. The fraction of sp³-hybridized carbons (Fsp3) is 0.107. The Morgan fingerprint density at radius 1 is 0.972 bits per heavy atom. The molecule has 0 saturated carbocycles. The number of nitrogens with one attached hydrogen (secondary N) is 1. The van der Waals surface area contributed by atoms with Gasteiger partial charge in [-0.2, -0.15) is 0 Å². The van der Waals surface area contributed by atoms with Crippen molar-refractivity contribution in [1.82, 2.24) is 5.32 Å². The molecule has 1 N–H and O–H groups in total. The summed E-state index contributed by atoms with van der Waals surface area (Å²) < 4.78 is 11.4. The molecular formula is C28H23ClN2O5. The molecule has 1 aliphatic heterocycles. The van der Waals surface area contributed by atoms with E-state index in [1.165, 1.54) is 6.08 Å². The first-order valence-corrected chi connectivity index (χ1v) is 11.5. The monoisotopic (exact) mass is 502 g/mol. The van der Waals surface area contributed by atoms with Gasteiger partial charge < -0.3 is 9.47 Å². The molecule has 0 unspecified atom stereocenters. The number of aryl methyl sites for hydroxylation is 1. The van der Waals surface area contributed by atoms with Crippen LogP contribution in [0.15, 0.2) is 85.0 Å². The molecule has 3 aromatic rings. The lowest BCUT2D eigenvalue weighted by Crippen LogP contribution is -2.54. The number of imide groups is 2. The van der Waals surface area contributed by atoms with Crippen LogP contribution in [0.5, 0.6) is 11.5 Å². The Kier molecular flexibility index (Phi) is 7.51. The minimum Gasteiger partial charge on any atom is -0.489 e. The minimum atomic E-state index is -0.843. The van der Waals surface area contributed by atoms with Crippen molar-refractivity contribution in [3.8, 4) is 11.5 Å². The number of urea groups is 1. The predicted molar refractivity (Wildman–Crippen MR) is 138 cm³/mol. The first kappa shape index (κ1) is 24.8. The van der Waals surface area contributed by atoms with Gasteiger partial charge in [0.2, 0.25) is 0 Å². The molecule has 0 atom stereocenters. The molecule has 36 heavy (non-hydrogen) atoms. The van der Waals surface area contributed by atoms with Gasteiger partial charge in [-0.05, 0) is 61.0 Å². The molecule has 1 fully saturated rings. The van der Waals surface area contributed by atoms with Gasteiger partial charge in [-0.1, -0.05) is 54.1 Å². The number of benzene rings is 3. The highest BCUT2D eigenvalue weighted by Crippen LogP contribution is 2.29. The maximum absolute atomic E-state index is 13.2. The van der Waals surface area contributed by atoms with Gasteiger partial charge in [0.05, 0.1) is 5.69 Å².